The normalized spacial score (nSPS) is 10.4. The largest absolute Gasteiger partial charge is 0.343 e. The fraction of sp³-hybridized carbons (Fsp3) is 0.0667. The molecule has 0 heterocycles. The van der Waals surface area contributed by atoms with Crippen molar-refractivity contribution in [3.8, 4) is 0 Å². The number of anilines is 1. The van der Waals surface area contributed by atoms with Gasteiger partial charge in [0.25, 0.3) is 5.91 Å². The van der Waals surface area contributed by atoms with Gasteiger partial charge < -0.3 is 10.6 Å². The van der Waals surface area contributed by atoms with E-state index in [0.29, 0.717) is 10.5 Å². The lowest BCUT2D eigenvalue weighted by atomic mass is 10.2. The summed E-state index contributed by atoms with van der Waals surface area (Å²) in [5, 5.41) is 4.50. The predicted octanol–water partition coefficient (Wildman–Crippen LogP) is 3.89. The number of carbonyl (C=O) groups excluding carboxylic acids is 2. The van der Waals surface area contributed by atoms with Crippen molar-refractivity contribution in [3.05, 3.63) is 62.8 Å². The van der Waals surface area contributed by atoms with Crippen molar-refractivity contribution in [2.24, 2.45) is 0 Å². The van der Waals surface area contributed by atoms with Crippen LogP contribution >= 0.6 is 27.5 Å². The lowest BCUT2D eigenvalue weighted by molar-refractivity contribution is -0.115. The molecule has 9 heteroatoms. The van der Waals surface area contributed by atoms with Gasteiger partial charge in [-0.2, -0.15) is 0 Å². The Hall–Kier alpha value is -2.06. The van der Waals surface area contributed by atoms with Gasteiger partial charge in [-0.1, -0.05) is 27.5 Å². The third-order valence-corrected chi connectivity index (χ3v) is 3.71. The van der Waals surface area contributed by atoms with E-state index in [1.807, 2.05) is 5.32 Å². The molecule has 0 aliphatic rings. The molecule has 0 aromatic heterocycles. The van der Waals surface area contributed by atoms with Gasteiger partial charge in [-0.15, -0.1) is 0 Å². The first-order chi connectivity index (χ1) is 11.3. The molecule has 0 aliphatic carbocycles. The number of amides is 2. The molecule has 2 aromatic carbocycles. The molecule has 0 bridgehead atoms. The molecule has 0 saturated heterocycles. The van der Waals surface area contributed by atoms with Gasteiger partial charge in [0.15, 0.2) is 17.5 Å². The second-order valence-electron chi connectivity index (χ2n) is 4.58. The number of rotatable bonds is 4. The smallest absolute Gasteiger partial charge is 0.253 e. The zero-order chi connectivity index (χ0) is 17.9. The molecular weight excluding hydrogens is 413 g/mol. The molecule has 126 valence electrons. The second-order valence-corrected chi connectivity index (χ2v) is 5.90. The van der Waals surface area contributed by atoms with Crippen LogP contribution in [0.1, 0.15) is 10.4 Å². The van der Waals surface area contributed by atoms with Crippen LogP contribution < -0.4 is 10.6 Å². The Morgan fingerprint density at radius 3 is 2.50 bits per heavy atom. The molecule has 4 nitrogen and oxygen atoms in total. The molecule has 0 unspecified atom stereocenters. The highest BCUT2D eigenvalue weighted by molar-refractivity contribution is 9.10. The molecule has 0 atom stereocenters. The Bertz CT molecular complexity index is 818. The van der Waals surface area contributed by atoms with Crippen LogP contribution in [0.15, 0.2) is 34.8 Å². The molecule has 0 fully saturated rings. The van der Waals surface area contributed by atoms with Crippen molar-refractivity contribution in [1.29, 1.82) is 0 Å². The highest BCUT2D eigenvalue weighted by atomic mass is 79.9. The zero-order valence-corrected chi connectivity index (χ0v) is 14.1. The van der Waals surface area contributed by atoms with Crippen molar-refractivity contribution >= 4 is 45.0 Å². The van der Waals surface area contributed by atoms with Crippen LogP contribution in [0.4, 0.5) is 18.9 Å². The fourth-order valence-corrected chi connectivity index (χ4v) is 2.31. The third kappa shape index (κ3) is 4.27. The molecule has 0 aliphatic heterocycles. The van der Waals surface area contributed by atoms with Gasteiger partial charge >= 0.3 is 0 Å². The summed E-state index contributed by atoms with van der Waals surface area (Å²) in [7, 11) is 0. The van der Waals surface area contributed by atoms with Gasteiger partial charge in [-0.25, -0.2) is 13.2 Å². The standard InChI is InChI=1S/C15H9BrClF3N2O2/c16-7-1-2-9(17)8(5-7)15(24)21-6-12(23)22-11-4-3-10(18)13(19)14(11)20/h1-5H,6H2,(H,21,24)(H,22,23). The Kier molecular flexibility index (Phi) is 5.84. The Morgan fingerprint density at radius 2 is 1.79 bits per heavy atom. The third-order valence-electron chi connectivity index (χ3n) is 2.89. The van der Waals surface area contributed by atoms with E-state index in [1.165, 1.54) is 12.1 Å². The molecule has 2 amide bonds. The van der Waals surface area contributed by atoms with Crippen LogP contribution in [0.3, 0.4) is 0 Å². The monoisotopic (exact) mass is 420 g/mol. The van der Waals surface area contributed by atoms with Gasteiger partial charge in [0.05, 0.1) is 22.8 Å². The minimum Gasteiger partial charge on any atom is -0.343 e. The molecule has 2 rings (SSSR count). The first-order valence-electron chi connectivity index (χ1n) is 6.46. The summed E-state index contributed by atoms with van der Waals surface area (Å²) in [5.41, 5.74) is -0.397. The van der Waals surface area contributed by atoms with Gasteiger partial charge in [-0.05, 0) is 30.3 Å². The molecule has 24 heavy (non-hydrogen) atoms. The number of benzene rings is 2. The van der Waals surface area contributed by atoms with Crippen LogP contribution in [0.25, 0.3) is 0 Å². The maximum Gasteiger partial charge on any atom is 0.253 e. The molecule has 0 saturated carbocycles. The molecule has 0 radical (unpaired) electrons. The van der Waals surface area contributed by atoms with Crippen LogP contribution in [-0.4, -0.2) is 18.4 Å². The summed E-state index contributed by atoms with van der Waals surface area (Å²) in [6.45, 7) is -0.514. The zero-order valence-electron chi connectivity index (χ0n) is 11.8. The number of carbonyl (C=O) groups is 2. The van der Waals surface area contributed by atoms with Crippen molar-refractivity contribution in [1.82, 2.24) is 5.32 Å². The average molecular weight is 422 g/mol. The summed E-state index contributed by atoms with van der Waals surface area (Å²) in [6, 6.07) is 6.14. The van der Waals surface area contributed by atoms with Crippen LogP contribution in [0.5, 0.6) is 0 Å². The van der Waals surface area contributed by atoms with E-state index in [-0.39, 0.29) is 10.6 Å². The van der Waals surface area contributed by atoms with Crippen molar-refractivity contribution in [3.63, 3.8) is 0 Å². The highest BCUT2D eigenvalue weighted by Gasteiger charge is 2.16. The quantitative estimate of drug-likeness (QED) is 0.736. The summed E-state index contributed by atoms with van der Waals surface area (Å²) in [5.74, 6) is -6.04. The first kappa shape index (κ1) is 18.3. The Labute approximate surface area is 148 Å². The molecular formula is C15H9BrClF3N2O2. The SMILES string of the molecule is O=C(CNC(=O)c1cc(Br)ccc1Cl)Nc1ccc(F)c(F)c1F. The van der Waals surface area contributed by atoms with Crippen LogP contribution in [0.2, 0.25) is 5.02 Å². The fourth-order valence-electron chi connectivity index (χ4n) is 1.74. The summed E-state index contributed by atoms with van der Waals surface area (Å²) >= 11 is 9.06. The van der Waals surface area contributed by atoms with Gasteiger partial charge in [0.1, 0.15) is 0 Å². The van der Waals surface area contributed by atoms with Gasteiger partial charge in [-0.3, -0.25) is 9.59 Å². The minimum absolute atomic E-state index is 0.137. The molecule has 2 N–H and O–H groups in total. The summed E-state index contributed by atoms with van der Waals surface area (Å²) in [4.78, 5) is 23.7. The number of hydrogen-bond acceptors (Lipinski definition) is 2. The number of nitrogens with one attached hydrogen (secondary N) is 2. The maximum absolute atomic E-state index is 13.4. The predicted molar refractivity (Wildman–Crippen MR) is 86.4 cm³/mol. The van der Waals surface area contributed by atoms with E-state index in [1.54, 1.807) is 6.07 Å². The minimum atomic E-state index is -1.70. The average Bonchev–Trinajstić information content (AvgIpc) is 2.55. The molecule has 2 aromatic rings. The van der Waals surface area contributed by atoms with Crippen LogP contribution in [-0.2, 0) is 4.79 Å². The van der Waals surface area contributed by atoms with Gasteiger partial charge in [0, 0.05) is 4.47 Å². The lowest BCUT2D eigenvalue weighted by Gasteiger charge is -2.09. The van der Waals surface area contributed by atoms with E-state index in [9.17, 15) is 22.8 Å². The molecule has 0 spiro atoms. The highest BCUT2D eigenvalue weighted by Crippen LogP contribution is 2.21. The lowest BCUT2D eigenvalue weighted by Crippen LogP contribution is -2.33. The number of hydrogen-bond donors (Lipinski definition) is 2. The first-order valence-corrected chi connectivity index (χ1v) is 7.63. The van der Waals surface area contributed by atoms with E-state index in [4.69, 9.17) is 11.6 Å². The Balaban J connectivity index is 2.00. The number of halogens is 5. The van der Waals surface area contributed by atoms with Crippen molar-refractivity contribution < 1.29 is 22.8 Å². The van der Waals surface area contributed by atoms with Crippen LogP contribution in [0, 0.1) is 17.5 Å². The van der Waals surface area contributed by atoms with E-state index in [0.717, 1.165) is 6.07 Å². The maximum atomic E-state index is 13.4. The van der Waals surface area contributed by atoms with Crippen molar-refractivity contribution in [2.75, 3.05) is 11.9 Å². The van der Waals surface area contributed by atoms with Gasteiger partial charge in [0.2, 0.25) is 5.91 Å². The topological polar surface area (TPSA) is 58.2 Å². The Morgan fingerprint density at radius 1 is 1.08 bits per heavy atom. The summed E-state index contributed by atoms with van der Waals surface area (Å²) in [6.07, 6.45) is 0. The van der Waals surface area contributed by atoms with E-state index < -0.39 is 41.5 Å². The van der Waals surface area contributed by atoms with E-state index >= 15 is 0 Å². The summed E-state index contributed by atoms with van der Waals surface area (Å²) < 4.78 is 39.9. The second kappa shape index (κ2) is 7.67. The van der Waals surface area contributed by atoms with Crippen molar-refractivity contribution in [2.45, 2.75) is 0 Å². The van der Waals surface area contributed by atoms with E-state index in [2.05, 4.69) is 21.2 Å².